The Balaban J connectivity index is 2.34. The Morgan fingerprint density at radius 1 is 1.30 bits per heavy atom. The third kappa shape index (κ3) is 2.83. The standard InChI is InChI=1S/C15H22BrN3O/c1-4-7-17-14-10-8-11(16)13(19(5-2)6-3)9-12(10)18-15(14)20/h8-9,14,17H,4-7H2,1-3H3,(H,18,20). The number of fused-ring (bicyclic) bond motifs is 1. The second kappa shape index (κ2) is 6.59. The Labute approximate surface area is 129 Å². The number of hydrogen-bond donors (Lipinski definition) is 2. The summed E-state index contributed by atoms with van der Waals surface area (Å²) in [6.45, 7) is 9.09. The van der Waals surface area contributed by atoms with Crippen LogP contribution in [0.2, 0.25) is 0 Å². The first-order valence-electron chi connectivity index (χ1n) is 7.24. The van der Waals surface area contributed by atoms with Gasteiger partial charge in [0.05, 0.1) is 5.69 Å². The van der Waals surface area contributed by atoms with Crippen LogP contribution in [0.25, 0.3) is 0 Å². The Morgan fingerprint density at radius 3 is 2.60 bits per heavy atom. The van der Waals surface area contributed by atoms with Crippen molar-refractivity contribution in [3.05, 3.63) is 22.2 Å². The molecular formula is C15H22BrN3O. The predicted octanol–water partition coefficient (Wildman–Crippen LogP) is 3.29. The van der Waals surface area contributed by atoms with E-state index in [-0.39, 0.29) is 11.9 Å². The van der Waals surface area contributed by atoms with Crippen LogP contribution in [0.15, 0.2) is 16.6 Å². The van der Waals surface area contributed by atoms with E-state index in [0.29, 0.717) is 0 Å². The minimum Gasteiger partial charge on any atom is -0.371 e. The lowest BCUT2D eigenvalue weighted by Crippen LogP contribution is -2.28. The average molecular weight is 340 g/mol. The van der Waals surface area contributed by atoms with Gasteiger partial charge in [0.1, 0.15) is 6.04 Å². The first kappa shape index (κ1) is 15.3. The molecule has 2 rings (SSSR count). The summed E-state index contributed by atoms with van der Waals surface area (Å²) in [5, 5.41) is 6.27. The van der Waals surface area contributed by atoms with Gasteiger partial charge in [0.15, 0.2) is 0 Å². The van der Waals surface area contributed by atoms with Gasteiger partial charge in [-0.05, 0) is 54.9 Å². The maximum atomic E-state index is 12.1. The van der Waals surface area contributed by atoms with E-state index in [1.807, 2.05) is 0 Å². The third-order valence-corrected chi connectivity index (χ3v) is 4.29. The van der Waals surface area contributed by atoms with E-state index < -0.39 is 0 Å². The fraction of sp³-hybridized carbons (Fsp3) is 0.533. The highest BCUT2D eigenvalue weighted by atomic mass is 79.9. The maximum Gasteiger partial charge on any atom is 0.246 e. The van der Waals surface area contributed by atoms with Crippen LogP contribution in [0, 0.1) is 0 Å². The van der Waals surface area contributed by atoms with Gasteiger partial charge in [-0.1, -0.05) is 6.92 Å². The van der Waals surface area contributed by atoms with Crippen molar-refractivity contribution in [2.24, 2.45) is 0 Å². The highest BCUT2D eigenvalue weighted by Gasteiger charge is 2.31. The van der Waals surface area contributed by atoms with Crippen molar-refractivity contribution in [2.75, 3.05) is 29.9 Å². The molecule has 1 aliphatic heterocycles. The number of carbonyl (C=O) groups excluding carboxylic acids is 1. The van der Waals surface area contributed by atoms with E-state index in [1.54, 1.807) is 0 Å². The van der Waals surface area contributed by atoms with Crippen molar-refractivity contribution in [3.8, 4) is 0 Å². The molecule has 0 bridgehead atoms. The smallest absolute Gasteiger partial charge is 0.246 e. The SMILES string of the molecule is CCCNC1C(=O)Nc2cc(N(CC)CC)c(Br)cc21. The van der Waals surface area contributed by atoms with Crippen LogP contribution in [0.3, 0.4) is 0 Å². The molecule has 0 saturated heterocycles. The summed E-state index contributed by atoms with van der Waals surface area (Å²) >= 11 is 3.64. The Morgan fingerprint density at radius 2 is 2.00 bits per heavy atom. The highest BCUT2D eigenvalue weighted by Crippen LogP contribution is 2.39. The van der Waals surface area contributed by atoms with Gasteiger partial charge >= 0.3 is 0 Å². The van der Waals surface area contributed by atoms with Crippen LogP contribution in [0.4, 0.5) is 11.4 Å². The number of carbonyl (C=O) groups is 1. The number of halogens is 1. The zero-order valence-corrected chi connectivity index (χ0v) is 13.9. The normalized spacial score (nSPS) is 17.0. The van der Waals surface area contributed by atoms with Gasteiger partial charge in [-0.2, -0.15) is 0 Å². The van der Waals surface area contributed by atoms with Gasteiger partial charge in [-0.3, -0.25) is 4.79 Å². The second-order valence-electron chi connectivity index (χ2n) is 4.94. The molecule has 0 radical (unpaired) electrons. The van der Waals surface area contributed by atoms with Crippen molar-refractivity contribution in [3.63, 3.8) is 0 Å². The second-order valence-corrected chi connectivity index (χ2v) is 5.79. The summed E-state index contributed by atoms with van der Waals surface area (Å²) in [4.78, 5) is 14.3. The van der Waals surface area contributed by atoms with Gasteiger partial charge < -0.3 is 15.5 Å². The lowest BCUT2D eigenvalue weighted by molar-refractivity contribution is -0.117. The van der Waals surface area contributed by atoms with Crippen LogP contribution >= 0.6 is 15.9 Å². The first-order valence-corrected chi connectivity index (χ1v) is 8.04. The van der Waals surface area contributed by atoms with Gasteiger partial charge in [0.25, 0.3) is 0 Å². The zero-order chi connectivity index (χ0) is 14.7. The molecule has 1 aromatic rings. The molecule has 110 valence electrons. The van der Waals surface area contributed by atoms with Crippen molar-refractivity contribution >= 4 is 33.2 Å². The Bertz CT molecular complexity index is 500. The monoisotopic (exact) mass is 339 g/mol. The fourth-order valence-electron chi connectivity index (χ4n) is 2.57. The summed E-state index contributed by atoms with van der Waals surface area (Å²) < 4.78 is 1.04. The number of nitrogens with one attached hydrogen (secondary N) is 2. The Hall–Kier alpha value is -1.07. The van der Waals surface area contributed by atoms with E-state index in [2.05, 4.69) is 64.4 Å². The molecular weight excluding hydrogens is 318 g/mol. The van der Waals surface area contributed by atoms with Crippen LogP contribution in [-0.4, -0.2) is 25.5 Å². The molecule has 1 atom stereocenters. The molecule has 0 saturated carbocycles. The van der Waals surface area contributed by atoms with Crippen LogP contribution in [0.5, 0.6) is 0 Å². The number of anilines is 2. The Kier molecular flexibility index (Phi) is 5.05. The predicted molar refractivity (Wildman–Crippen MR) is 87.4 cm³/mol. The van der Waals surface area contributed by atoms with Crippen LogP contribution in [0.1, 0.15) is 38.8 Å². The molecule has 20 heavy (non-hydrogen) atoms. The minimum atomic E-state index is -0.230. The molecule has 0 aliphatic carbocycles. The largest absolute Gasteiger partial charge is 0.371 e. The minimum absolute atomic E-state index is 0.0389. The van der Waals surface area contributed by atoms with Crippen molar-refractivity contribution in [1.82, 2.24) is 5.32 Å². The highest BCUT2D eigenvalue weighted by molar-refractivity contribution is 9.10. The number of hydrogen-bond acceptors (Lipinski definition) is 3. The van der Waals surface area contributed by atoms with Crippen LogP contribution in [-0.2, 0) is 4.79 Å². The molecule has 1 amide bonds. The molecule has 1 aliphatic rings. The van der Waals surface area contributed by atoms with Crippen LogP contribution < -0.4 is 15.5 Å². The molecule has 0 spiro atoms. The third-order valence-electron chi connectivity index (χ3n) is 3.65. The molecule has 5 heteroatoms. The number of nitrogens with zero attached hydrogens (tertiary/aromatic N) is 1. The average Bonchev–Trinajstić information content (AvgIpc) is 2.73. The molecule has 4 nitrogen and oxygen atoms in total. The van der Waals surface area contributed by atoms with E-state index in [4.69, 9.17) is 0 Å². The molecule has 0 fully saturated rings. The summed E-state index contributed by atoms with van der Waals surface area (Å²) in [6.07, 6.45) is 1.01. The van der Waals surface area contributed by atoms with Crippen molar-refractivity contribution in [2.45, 2.75) is 33.2 Å². The first-order chi connectivity index (χ1) is 9.62. The van der Waals surface area contributed by atoms with E-state index >= 15 is 0 Å². The molecule has 1 heterocycles. The van der Waals surface area contributed by atoms with Crippen molar-refractivity contribution < 1.29 is 4.79 Å². The summed E-state index contributed by atoms with van der Waals surface area (Å²) in [5.41, 5.74) is 3.09. The topological polar surface area (TPSA) is 44.4 Å². The van der Waals surface area contributed by atoms with E-state index in [0.717, 1.165) is 47.5 Å². The summed E-state index contributed by atoms with van der Waals surface area (Å²) in [7, 11) is 0. The molecule has 2 N–H and O–H groups in total. The maximum absolute atomic E-state index is 12.1. The van der Waals surface area contributed by atoms with Gasteiger partial charge in [-0.15, -0.1) is 0 Å². The molecule has 1 unspecified atom stereocenters. The zero-order valence-electron chi connectivity index (χ0n) is 12.3. The summed E-state index contributed by atoms with van der Waals surface area (Å²) in [6, 6.07) is 3.90. The lowest BCUT2D eigenvalue weighted by atomic mass is 10.1. The van der Waals surface area contributed by atoms with Gasteiger partial charge in [-0.25, -0.2) is 0 Å². The molecule has 0 aromatic heterocycles. The lowest BCUT2D eigenvalue weighted by Gasteiger charge is -2.23. The van der Waals surface area contributed by atoms with E-state index in [9.17, 15) is 4.79 Å². The fourth-order valence-corrected chi connectivity index (χ4v) is 3.18. The van der Waals surface area contributed by atoms with Gasteiger partial charge in [0.2, 0.25) is 5.91 Å². The quantitative estimate of drug-likeness (QED) is 0.835. The number of benzene rings is 1. The summed E-state index contributed by atoms with van der Waals surface area (Å²) in [5.74, 6) is 0.0389. The molecule has 1 aromatic carbocycles. The van der Waals surface area contributed by atoms with Gasteiger partial charge in [0, 0.05) is 28.8 Å². The van der Waals surface area contributed by atoms with Crippen molar-refractivity contribution in [1.29, 1.82) is 0 Å². The number of rotatable bonds is 6. The van der Waals surface area contributed by atoms with E-state index in [1.165, 1.54) is 0 Å². The number of amides is 1.